The van der Waals surface area contributed by atoms with Crippen LogP contribution in [-0.2, 0) is 10.0 Å². The molecule has 0 radical (unpaired) electrons. The summed E-state index contributed by atoms with van der Waals surface area (Å²) in [7, 11) is -3.87. The van der Waals surface area contributed by atoms with Gasteiger partial charge in [-0.05, 0) is 23.8 Å². The Morgan fingerprint density at radius 2 is 1.91 bits per heavy atom. The van der Waals surface area contributed by atoms with Crippen molar-refractivity contribution >= 4 is 45.1 Å². The fraction of sp³-hybridized carbons (Fsp3) is 0.545. The molecule has 1 aromatic heterocycles. The fourth-order valence-electron chi connectivity index (χ4n) is 4.31. The Morgan fingerprint density at radius 1 is 1.21 bits per heavy atom. The van der Waals surface area contributed by atoms with Crippen molar-refractivity contribution in [2.45, 2.75) is 51.7 Å². The van der Waals surface area contributed by atoms with Crippen LogP contribution in [0.4, 0.5) is 11.6 Å². The average molecular weight is 526 g/mol. The van der Waals surface area contributed by atoms with Crippen LogP contribution in [0.15, 0.2) is 40.3 Å². The first-order valence-corrected chi connectivity index (χ1v) is 14.4. The van der Waals surface area contributed by atoms with Crippen LogP contribution in [0.25, 0.3) is 0 Å². The number of hydrogen-bond acceptors (Lipinski definition) is 10. The van der Waals surface area contributed by atoms with E-state index in [0.717, 1.165) is 29.1 Å². The van der Waals surface area contributed by atoms with Gasteiger partial charge in [-0.15, -0.1) is 11.8 Å². The first-order valence-electron chi connectivity index (χ1n) is 11.2. The second-order valence-electron chi connectivity index (χ2n) is 9.59. The minimum atomic E-state index is -3.87. The van der Waals surface area contributed by atoms with Gasteiger partial charge in [0.25, 0.3) is 10.0 Å². The zero-order valence-corrected chi connectivity index (χ0v) is 21.9. The van der Waals surface area contributed by atoms with E-state index in [1.165, 1.54) is 4.31 Å². The van der Waals surface area contributed by atoms with E-state index in [4.69, 9.17) is 0 Å². The van der Waals surface area contributed by atoms with Gasteiger partial charge in [0.05, 0.1) is 30.4 Å². The number of hydrogen-bond donors (Lipinski definition) is 4. The summed E-state index contributed by atoms with van der Waals surface area (Å²) >= 11 is 2.14. The molecule has 0 bridgehead atoms. The van der Waals surface area contributed by atoms with Crippen molar-refractivity contribution in [3.63, 3.8) is 0 Å². The zero-order chi connectivity index (χ0) is 24.5. The van der Waals surface area contributed by atoms with Gasteiger partial charge in [-0.3, -0.25) is 0 Å². The summed E-state index contributed by atoms with van der Waals surface area (Å²) < 4.78 is 36.3. The lowest BCUT2D eigenvalue weighted by atomic mass is 9.82. The zero-order valence-electron chi connectivity index (χ0n) is 19.4. The SMILES string of the molecule is CC(C)(C)[C@@H](Nc1nsnc1NC1CSC(S(=O)(=O)N2CCCC2CO)=C1O)c1ccccc1. The average Bonchev–Trinajstić information content (AvgIpc) is 3.53. The van der Waals surface area contributed by atoms with Gasteiger partial charge < -0.3 is 20.8 Å². The molecule has 1 fully saturated rings. The van der Waals surface area contributed by atoms with Crippen LogP contribution in [0.5, 0.6) is 0 Å². The van der Waals surface area contributed by atoms with Gasteiger partial charge >= 0.3 is 0 Å². The van der Waals surface area contributed by atoms with E-state index in [-0.39, 0.29) is 28.1 Å². The summed E-state index contributed by atoms with van der Waals surface area (Å²) in [5.74, 6) is 1.15. The van der Waals surface area contributed by atoms with Gasteiger partial charge in [-0.25, -0.2) is 8.42 Å². The summed E-state index contributed by atoms with van der Waals surface area (Å²) in [6.45, 7) is 6.54. The highest BCUT2D eigenvalue weighted by molar-refractivity contribution is 8.18. The molecule has 2 unspecified atom stereocenters. The third kappa shape index (κ3) is 5.06. The Balaban J connectivity index is 1.54. The van der Waals surface area contributed by atoms with Crippen LogP contribution >= 0.6 is 23.5 Å². The molecule has 4 rings (SSSR count). The van der Waals surface area contributed by atoms with Gasteiger partial charge in [-0.2, -0.15) is 13.1 Å². The number of benzene rings is 1. The summed E-state index contributed by atoms with van der Waals surface area (Å²) in [6, 6.07) is 9.00. The molecule has 186 valence electrons. The molecule has 4 N–H and O–H groups in total. The Bertz CT molecular complexity index is 1130. The predicted molar refractivity (Wildman–Crippen MR) is 137 cm³/mol. The molecule has 2 aromatic rings. The van der Waals surface area contributed by atoms with Crippen LogP contribution in [0.2, 0.25) is 0 Å². The largest absolute Gasteiger partial charge is 0.508 e. The summed E-state index contributed by atoms with van der Waals surface area (Å²) in [5.41, 5.74) is 0.999. The quantitative estimate of drug-likeness (QED) is 0.407. The number of aromatic nitrogens is 2. The Hall–Kier alpha value is -1.86. The van der Waals surface area contributed by atoms with Gasteiger partial charge in [0, 0.05) is 18.3 Å². The Labute approximate surface area is 209 Å². The summed E-state index contributed by atoms with van der Waals surface area (Å²) in [5, 5.41) is 27.1. The van der Waals surface area contributed by atoms with Crippen molar-refractivity contribution in [2.75, 3.05) is 29.5 Å². The third-order valence-electron chi connectivity index (χ3n) is 6.08. The third-order valence-corrected chi connectivity index (χ3v) is 10.3. The lowest BCUT2D eigenvalue weighted by Crippen LogP contribution is -2.38. The molecule has 0 spiro atoms. The molecule has 0 aliphatic carbocycles. The Morgan fingerprint density at radius 3 is 2.59 bits per heavy atom. The molecule has 0 amide bonds. The molecule has 3 atom stereocenters. The lowest BCUT2D eigenvalue weighted by molar-refractivity contribution is 0.214. The van der Waals surface area contributed by atoms with Crippen molar-refractivity contribution in [3.05, 3.63) is 45.9 Å². The number of rotatable bonds is 8. The number of aliphatic hydroxyl groups excluding tert-OH is 2. The molecule has 9 nitrogen and oxygen atoms in total. The van der Waals surface area contributed by atoms with Crippen LogP contribution in [0.1, 0.15) is 45.2 Å². The fourth-order valence-corrected chi connectivity index (χ4v) is 8.28. The number of anilines is 2. The maximum Gasteiger partial charge on any atom is 0.252 e. The maximum atomic E-state index is 13.2. The van der Waals surface area contributed by atoms with Crippen molar-refractivity contribution in [1.29, 1.82) is 0 Å². The lowest BCUT2D eigenvalue weighted by Gasteiger charge is -2.32. The highest BCUT2D eigenvalue weighted by atomic mass is 32.3. The maximum absolute atomic E-state index is 13.2. The van der Waals surface area contributed by atoms with Crippen molar-refractivity contribution in [1.82, 2.24) is 13.1 Å². The normalized spacial score (nSPS) is 22.8. The van der Waals surface area contributed by atoms with Gasteiger partial charge in [0.1, 0.15) is 5.76 Å². The van der Waals surface area contributed by atoms with E-state index in [0.29, 0.717) is 36.8 Å². The number of sulfonamides is 1. The van der Waals surface area contributed by atoms with Gasteiger partial charge in [-0.1, -0.05) is 51.1 Å². The first kappa shape index (κ1) is 25.2. The van der Waals surface area contributed by atoms with Crippen molar-refractivity contribution in [2.24, 2.45) is 5.41 Å². The van der Waals surface area contributed by atoms with E-state index in [2.05, 4.69) is 52.3 Å². The van der Waals surface area contributed by atoms with Gasteiger partial charge in [0.2, 0.25) is 0 Å². The van der Waals surface area contributed by atoms with Gasteiger partial charge in [0.15, 0.2) is 15.9 Å². The molecular weight excluding hydrogens is 494 g/mol. The first-order chi connectivity index (χ1) is 16.1. The minimum Gasteiger partial charge on any atom is -0.508 e. The smallest absolute Gasteiger partial charge is 0.252 e. The number of thioether (sulfide) groups is 1. The van der Waals surface area contributed by atoms with E-state index >= 15 is 0 Å². The van der Waals surface area contributed by atoms with Crippen molar-refractivity contribution < 1.29 is 18.6 Å². The van der Waals surface area contributed by atoms with Crippen LogP contribution in [0.3, 0.4) is 0 Å². The minimum absolute atomic E-state index is 0.0400. The highest BCUT2D eigenvalue weighted by Gasteiger charge is 2.42. The summed E-state index contributed by atoms with van der Waals surface area (Å²) in [4.78, 5) is 0. The van der Waals surface area contributed by atoms with E-state index in [9.17, 15) is 18.6 Å². The van der Waals surface area contributed by atoms with E-state index < -0.39 is 22.1 Å². The molecule has 2 aliphatic heterocycles. The van der Waals surface area contributed by atoms with Crippen LogP contribution < -0.4 is 10.6 Å². The molecule has 0 saturated carbocycles. The molecule has 3 heterocycles. The molecular formula is C22H31N5O4S3. The van der Waals surface area contributed by atoms with Crippen LogP contribution in [0, 0.1) is 5.41 Å². The molecule has 1 aromatic carbocycles. The topological polar surface area (TPSA) is 128 Å². The molecule has 34 heavy (non-hydrogen) atoms. The van der Waals surface area contributed by atoms with E-state index in [1.54, 1.807) is 0 Å². The molecule has 1 saturated heterocycles. The highest BCUT2D eigenvalue weighted by Crippen LogP contribution is 2.41. The van der Waals surface area contributed by atoms with Crippen LogP contribution in [-0.4, -0.2) is 62.7 Å². The standard InChI is InChI=1S/C22H31N5O4S3/c1-22(2,3)18(14-8-5-4-6-9-14)24-20-19(25-33-26-20)23-16-13-32-21(17(16)29)34(30,31)27-11-7-10-15(27)12-28/h4-6,8-9,15-16,18,28-29H,7,10-13H2,1-3H3,(H,23,25)(H,24,26)/t15?,16?,18-/m0/s1. The Kier molecular flexibility index (Phi) is 7.44. The number of aliphatic hydroxyl groups is 2. The number of nitrogens with one attached hydrogen (secondary N) is 2. The number of nitrogens with zero attached hydrogens (tertiary/aromatic N) is 3. The second-order valence-corrected chi connectivity index (χ2v) is 13.2. The second kappa shape index (κ2) is 10.0. The molecule has 12 heteroatoms. The summed E-state index contributed by atoms with van der Waals surface area (Å²) in [6.07, 6.45) is 1.31. The van der Waals surface area contributed by atoms with E-state index in [1.807, 2.05) is 18.2 Å². The predicted octanol–water partition coefficient (Wildman–Crippen LogP) is 3.78. The van der Waals surface area contributed by atoms with Crippen molar-refractivity contribution in [3.8, 4) is 0 Å². The monoisotopic (exact) mass is 525 g/mol. The molecule has 2 aliphatic rings.